The van der Waals surface area contributed by atoms with E-state index in [0.717, 1.165) is 11.3 Å². The fourth-order valence-electron chi connectivity index (χ4n) is 1.56. The van der Waals surface area contributed by atoms with Crippen molar-refractivity contribution in [3.8, 4) is 22.9 Å². The highest BCUT2D eigenvalue weighted by Gasteiger charge is 2.06. The van der Waals surface area contributed by atoms with Gasteiger partial charge in [-0.25, -0.2) is 15.0 Å². The fourth-order valence-corrected chi connectivity index (χ4v) is 1.56. The van der Waals surface area contributed by atoms with E-state index >= 15 is 0 Å². The lowest BCUT2D eigenvalue weighted by Crippen LogP contribution is -1.92. The summed E-state index contributed by atoms with van der Waals surface area (Å²) in [7, 11) is 0. The summed E-state index contributed by atoms with van der Waals surface area (Å²) in [4.78, 5) is 12.6. The Kier molecular flexibility index (Phi) is 2.34. The Balaban J connectivity index is 2.06. The Morgan fingerprint density at radius 1 is 0.941 bits per heavy atom. The molecular formula is C12H9N5. The quantitative estimate of drug-likeness (QED) is 0.720. The molecule has 0 spiro atoms. The summed E-state index contributed by atoms with van der Waals surface area (Å²) >= 11 is 0. The predicted octanol–water partition coefficient (Wildman–Crippen LogP) is 1.93. The Bertz CT molecular complexity index is 604. The van der Waals surface area contributed by atoms with E-state index in [9.17, 15) is 0 Å². The first-order valence-electron chi connectivity index (χ1n) is 5.18. The van der Waals surface area contributed by atoms with Gasteiger partial charge in [-0.1, -0.05) is 30.3 Å². The van der Waals surface area contributed by atoms with Crippen LogP contribution in [0.3, 0.4) is 0 Å². The summed E-state index contributed by atoms with van der Waals surface area (Å²) in [6, 6.07) is 11.8. The molecule has 5 heteroatoms. The first-order chi connectivity index (χ1) is 8.43. The standard InChI is InChI=1S/C12H9N5/c1-2-4-9(5-3-1)10-6-7-13-11(16-10)12-14-8-15-17-12/h1-8H,(H,14,15,17). The van der Waals surface area contributed by atoms with Crippen molar-refractivity contribution in [3.63, 3.8) is 0 Å². The van der Waals surface area contributed by atoms with Gasteiger partial charge in [0.25, 0.3) is 0 Å². The topological polar surface area (TPSA) is 67.3 Å². The van der Waals surface area contributed by atoms with Crippen LogP contribution in [0.25, 0.3) is 22.9 Å². The maximum absolute atomic E-state index is 4.44. The van der Waals surface area contributed by atoms with Gasteiger partial charge in [0, 0.05) is 11.8 Å². The molecule has 0 radical (unpaired) electrons. The summed E-state index contributed by atoms with van der Waals surface area (Å²) in [5.41, 5.74) is 1.92. The van der Waals surface area contributed by atoms with E-state index in [1.807, 2.05) is 36.4 Å². The summed E-state index contributed by atoms with van der Waals surface area (Å²) in [5.74, 6) is 1.12. The van der Waals surface area contributed by atoms with E-state index in [1.54, 1.807) is 6.20 Å². The van der Waals surface area contributed by atoms with Crippen LogP contribution in [0.5, 0.6) is 0 Å². The molecule has 5 nitrogen and oxygen atoms in total. The smallest absolute Gasteiger partial charge is 0.197 e. The second kappa shape index (κ2) is 4.13. The molecule has 0 amide bonds. The molecule has 0 saturated heterocycles. The summed E-state index contributed by atoms with van der Waals surface area (Å²) in [6.07, 6.45) is 3.15. The maximum atomic E-state index is 4.44. The third-order valence-corrected chi connectivity index (χ3v) is 2.35. The molecule has 0 atom stereocenters. The van der Waals surface area contributed by atoms with Crippen LogP contribution in [0, 0.1) is 0 Å². The minimum atomic E-state index is 0.545. The molecule has 3 rings (SSSR count). The summed E-state index contributed by atoms with van der Waals surface area (Å²) in [6.45, 7) is 0. The summed E-state index contributed by atoms with van der Waals surface area (Å²) in [5, 5.41) is 6.53. The van der Waals surface area contributed by atoms with Gasteiger partial charge in [-0.15, -0.1) is 0 Å². The molecule has 0 fully saturated rings. The Morgan fingerprint density at radius 3 is 2.59 bits per heavy atom. The first kappa shape index (κ1) is 9.65. The number of aromatic nitrogens is 5. The Labute approximate surface area is 97.6 Å². The van der Waals surface area contributed by atoms with Gasteiger partial charge in [-0.05, 0) is 6.07 Å². The van der Waals surface area contributed by atoms with Gasteiger partial charge >= 0.3 is 0 Å². The number of benzene rings is 1. The summed E-state index contributed by atoms with van der Waals surface area (Å²) < 4.78 is 0. The molecule has 0 aliphatic carbocycles. The second-order valence-corrected chi connectivity index (χ2v) is 3.47. The number of hydrogen-bond acceptors (Lipinski definition) is 4. The third kappa shape index (κ3) is 1.90. The van der Waals surface area contributed by atoms with E-state index in [0.29, 0.717) is 11.6 Å². The SMILES string of the molecule is c1ccc(-c2ccnc(-c3ncn[nH]3)n2)cc1. The van der Waals surface area contributed by atoms with E-state index in [1.165, 1.54) is 6.33 Å². The van der Waals surface area contributed by atoms with Crippen molar-refractivity contribution in [2.75, 3.05) is 0 Å². The van der Waals surface area contributed by atoms with Gasteiger partial charge in [-0.2, -0.15) is 5.10 Å². The van der Waals surface area contributed by atoms with E-state index in [2.05, 4.69) is 25.1 Å². The fraction of sp³-hybridized carbons (Fsp3) is 0. The van der Waals surface area contributed by atoms with Crippen LogP contribution in [0.4, 0.5) is 0 Å². The molecule has 0 aliphatic rings. The average molecular weight is 223 g/mol. The van der Waals surface area contributed by atoms with Gasteiger partial charge in [0.05, 0.1) is 5.69 Å². The van der Waals surface area contributed by atoms with E-state index in [-0.39, 0.29) is 0 Å². The van der Waals surface area contributed by atoms with Crippen molar-refractivity contribution >= 4 is 0 Å². The van der Waals surface area contributed by atoms with Crippen LogP contribution < -0.4 is 0 Å². The van der Waals surface area contributed by atoms with Crippen LogP contribution in [0.2, 0.25) is 0 Å². The minimum absolute atomic E-state index is 0.545. The zero-order valence-corrected chi connectivity index (χ0v) is 8.91. The normalized spacial score (nSPS) is 10.4. The van der Waals surface area contributed by atoms with Crippen molar-refractivity contribution in [3.05, 3.63) is 48.9 Å². The zero-order valence-electron chi connectivity index (χ0n) is 8.91. The van der Waals surface area contributed by atoms with Crippen molar-refractivity contribution in [1.82, 2.24) is 25.1 Å². The minimum Gasteiger partial charge on any atom is -0.257 e. The van der Waals surface area contributed by atoms with Crippen LogP contribution in [0.15, 0.2) is 48.9 Å². The molecule has 2 aromatic heterocycles. The highest BCUT2D eigenvalue weighted by molar-refractivity contribution is 5.60. The Morgan fingerprint density at radius 2 is 1.82 bits per heavy atom. The molecule has 0 bridgehead atoms. The number of nitrogens with one attached hydrogen (secondary N) is 1. The lowest BCUT2D eigenvalue weighted by molar-refractivity contribution is 1.06. The third-order valence-electron chi connectivity index (χ3n) is 2.35. The first-order valence-corrected chi connectivity index (χ1v) is 5.18. The number of nitrogens with zero attached hydrogens (tertiary/aromatic N) is 4. The molecule has 0 unspecified atom stereocenters. The van der Waals surface area contributed by atoms with Crippen molar-refractivity contribution in [1.29, 1.82) is 0 Å². The van der Waals surface area contributed by atoms with Gasteiger partial charge in [0.2, 0.25) is 0 Å². The predicted molar refractivity (Wildman–Crippen MR) is 62.8 cm³/mol. The highest BCUT2D eigenvalue weighted by Crippen LogP contribution is 2.17. The molecule has 1 aromatic carbocycles. The monoisotopic (exact) mass is 223 g/mol. The Hall–Kier alpha value is -2.56. The van der Waals surface area contributed by atoms with Crippen LogP contribution >= 0.6 is 0 Å². The largest absolute Gasteiger partial charge is 0.257 e. The van der Waals surface area contributed by atoms with Crippen molar-refractivity contribution < 1.29 is 0 Å². The number of rotatable bonds is 2. The van der Waals surface area contributed by atoms with Crippen LogP contribution in [-0.4, -0.2) is 25.1 Å². The molecule has 3 aromatic rings. The van der Waals surface area contributed by atoms with Gasteiger partial charge < -0.3 is 0 Å². The van der Waals surface area contributed by atoms with E-state index < -0.39 is 0 Å². The van der Waals surface area contributed by atoms with Crippen LogP contribution in [0.1, 0.15) is 0 Å². The van der Waals surface area contributed by atoms with Crippen molar-refractivity contribution in [2.45, 2.75) is 0 Å². The molecule has 17 heavy (non-hydrogen) atoms. The highest BCUT2D eigenvalue weighted by atomic mass is 15.2. The molecule has 82 valence electrons. The lowest BCUT2D eigenvalue weighted by Gasteiger charge is -2.01. The van der Waals surface area contributed by atoms with Crippen molar-refractivity contribution in [2.24, 2.45) is 0 Å². The second-order valence-electron chi connectivity index (χ2n) is 3.47. The molecule has 0 saturated carbocycles. The van der Waals surface area contributed by atoms with Gasteiger partial charge in [-0.3, -0.25) is 5.10 Å². The number of hydrogen-bond donors (Lipinski definition) is 1. The molecule has 0 aliphatic heterocycles. The maximum Gasteiger partial charge on any atom is 0.197 e. The van der Waals surface area contributed by atoms with E-state index in [4.69, 9.17) is 0 Å². The molecular weight excluding hydrogens is 214 g/mol. The average Bonchev–Trinajstić information content (AvgIpc) is 2.94. The van der Waals surface area contributed by atoms with Gasteiger partial charge in [0.15, 0.2) is 11.6 Å². The zero-order chi connectivity index (χ0) is 11.5. The lowest BCUT2D eigenvalue weighted by atomic mass is 10.1. The molecule has 1 N–H and O–H groups in total. The molecule has 2 heterocycles. The van der Waals surface area contributed by atoms with Crippen LogP contribution in [-0.2, 0) is 0 Å². The van der Waals surface area contributed by atoms with Gasteiger partial charge in [0.1, 0.15) is 6.33 Å². The number of H-pyrrole nitrogens is 1. The number of aromatic amines is 1.